The molecular weight excluding hydrogens is 128 g/mol. The highest BCUT2D eigenvalue weighted by Crippen LogP contribution is 2.22. The second-order valence-electron chi connectivity index (χ2n) is 3.15. The summed E-state index contributed by atoms with van der Waals surface area (Å²) in [6, 6.07) is 0. The van der Waals surface area contributed by atoms with Crippen LogP contribution in [-0.2, 0) is 9.47 Å². The van der Waals surface area contributed by atoms with E-state index in [-0.39, 0.29) is 0 Å². The first-order valence-corrected chi connectivity index (χ1v) is 3.86. The zero-order chi connectivity index (χ0) is 7.56. The van der Waals surface area contributed by atoms with Gasteiger partial charge in [0.2, 0.25) is 0 Å². The molecule has 0 bridgehead atoms. The molecule has 0 amide bonds. The van der Waals surface area contributed by atoms with Crippen LogP contribution in [0.2, 0.25) is 0 Å². The first-order chi connectivity index (χ1) is 4.75. The van der Waals surface area contributed by atoms with Crippen molar-refractivity contribution in [3.05, 3.63) is 0 Å². The Balaban J connectivity index is 2.42. The van der Waals surface area contributed by atoms with E-state index in [0.29, 0.717) is 17.9 Å². The van der Waals surface area contributed by atoms with E-state index in [2.05, 4.69) is 13.8 Å². The Bertz CT molecular complexity index is 103. The highest BCUT2D eigenvalue weighted by molar-refractivity contribution is 4.74. The van der Waals surface area contributed by atoms with Crippen LogP contribution in [0.25, 0.3) is 0 Å². The van der Waals surface area contributed by atoms with E-state index in [9.17, 15) is 0 Å². The fraction of sp³-hybridized carbons (Fsp3) is 1.00. The predicted octanol–water partition coefficient (Wildman–Crippen LogP) is 1.30. The number of rotatable bonds is 1. The van der Waals surface area contributed by atoms with E-state index in [1.807, 2.05) is 0 Å². The molecular formula is C8H16O2. The Morgan fingerprint density at radius 2 is 2.00 bits per heavy atom. The van der Waals surface area contributed by atoms with E-state index < -0.39 is 0 Å². The van der Waals surface area contributed by atoms with Crippen LogP contribution in [0, 0.1) is 11.8 Å². The molecule has 2 heteroatoms. The molecule has 0 aliphatic carbocycles. The molecule has 0 aromatic rings. The topological polar surface area (TPSA) is 18.5 Å². The summed E-state index contributed by atoms with van der Waals surface area (Å²) in [7, 11) is 1.75. The van der Waals surface area contributed by atoms with Crippen molar-refractivity contribution in [2.75, 3.05) is 20.3 Å². The molecule has 0 spiro atoms. The minimum Gasteiger partial charge on any atom is -0.379 e. The van der Waals surface area contributed by atoms with E-state index in [4.69, 9.17) is 9.47 Å². The van der Waals surface area contributed by atoms with Gasteiger partial charge in [0, 0.05) is 13.7 Å². The molecule has 1 aliphatic rings. The third-order valence-corrected chi connectivity index (χ3v) is 2.45. The minimum atomic E-state index is 0.309. The quantitative estimate of drug-likeness (QED) is 0.552. The highest BCUT2D eigenvalue weighted by Gasteiger charge is 2.27. The lowest BCUT2D eigenvalue weighted by atomic mass is 9.90. The summed E-state index contributed by atoms with van der Waals surface area (Å²) in [6.45, 7) is 6.08. The van der Waals surface area contributed by atoms with E-state index in [0.717, 1.165) is 13.2 Å². The number of hydrogen-bond acceptors (Lipinski definition) is 2. The van der Waals surface area contributed by atoms with Crippen molar-refractivity contribution in [1.29, 1.82) is 0 Å². The monoisotopic (exact) mass is 144 g/mol. The number of ether oxygens (including phenoxy) is 2. The van der Waals surface area contributed by atoms with Gasteiger partial charge in [-0.2, -0.15) is 0 Å². The zero-order valence-electron chi connectivity index (χ0n) is 6.96. The Morgan fingerprint density at radius 1 is 1.30 bits per heavy atom. The van der Waals surface area contributed by atoms with E-state index in [1.54, 1.807) is 7.11 Å². The van der Waals surface area contributed by atoms with Crippen molar-refractivity contribution in [3.8, 4) is 0 Å². The van der Waals surface area contributed by atoms with Crippen LogP contribution in [0.5, 0.6) is 0 Å². The van der Waals surface area contributed by atoms with Crippen LogP contribution in [0.3, 0.4) is 0 Å². The van der Waals surface area contributed by atoms with Crippen LogP contribution < -0.4 is 0 Å². The molecule has 1 saturated heterocycles. The van der Waals surface area contributed by atoms with Gasteiger partial charge in [0.25, 0.3) is 0 Å². The van der Waals surface area contributed by atoms with Gasteiger partial charge in [-0.05, 0) is 11.8 Å². The van der Waals surface area contributed by atoms with Crippen molar-refractivity contribution < 1.29 is 9.47 Å². The molecule has 0 radical (unpaired) electrons. The second-order valence-corrected chi connectivity index (χ2v) is 3.15. The van der Waals surface area contributed by atoms with Gasteiger partial charge in [-0.3, -0.25) is 0 Å². The van der Waals surface area contributed by atoms with Crippen LogP contribution in [-0.4, -0.2) is 26.4 Å². The molecule has 1 heterocycles. The fourth-order valence-electron chi connectivity index (χ4n) is 1.32. The fourth-order valence-corrected chi connectivity index (χ4v) is 1.32. The first-order valence-electron chi connectivity index (χ1n) is 3.86. The Kier molecular flexibility index (Phi) is 2.69. The smallest absolute Gasteiger partial charge is 0.0833 e. The molecule has 3 unspecified atom stereocenters. The lowest BCUT2D eigenvalue weighted by Crippen LogP contribution is -2.37. The first kappa shape index (κ1) is 8.02. The van der Waals surface area contributed by atoms with Crippen LogP contribution in [0.1, 0.15) is 13.8 Å². The maximum atomic E-state index is 5.33. The lowest BCUT2D eigenvalue weighted by molar-refractivity contribution is -0.0862. The maximum absolute atomic E-state index is 5.33. The Hall–Kier alpha value is -0.0800. The summed E-state index contributed by atoms with van der Waals surface area (Å²) in [5, 5.41) is 0. The van der Waals surface area contributed by atoms with Gasteiger partial charge in [-0.1, -0.05) is 13.8 Å². The molecule has 3 atom stereocenters. The van der Waals surface area contributed by atoms with Gasteiger partial charge in [0.1, 0.15) is 0 Å². The van der Waals surface area contributed by atoms with Crippen molar-refractivity contribution in [1.82, 2.24) is 0 Å². The molecule has 1 fully saturated rings. The molecule has 60 valence electrons. The Morgan fingerprint density at radius 3 is 2.50 bits per heavy atom. The molecule has 0 N–H and O–H groups in total. The van der Waals surface area contributed by atoms with Gasteiger partial charge >= 0.3 is 0 Å². The largest absolute Gasteiger partial charge is 0.379 e. The molecule has 1 aliphatic heterocycles. The zero-order valence-corrected chi connectivity index (χ0v) is 6.96. The van der Waals surface area contributed by atoms with Crippen molar-refractivity contribution in [3.63, 3.8) is 0 Å². The molecule has 10 heavy (non-hydrogen) atoms. The van der Waals surface area contributed by atoms with Crippen molar-refractivity contribution >= 4 is 0 Å². The third-order valence-electron chi connectivity index (χ3n) is 2.45. The average molecular weight is 144 g/mol. The maximum Gasteiger partial charge on any atom is 0.0833 e. The van der Waals surface area contributed by atoms with Crippen molar-refractivity contribution in [2.45, 2.75) is 20.0 Å². The average Bonchev–Trinajstić information content (AvgIpc) is 1.95. The third kappa shape index (κ3) is 1.50. The van der Waals surface area contributed by atoms with Crippen LogP contribution >= 0.6 is 0 Å². The summed E-state index contributed by atoms with van der Waals surface area (Å²) in [6.07, 6.45) is 0.309. The second kappa shape index (κ2) is 3.35. The summed E-state index contributed by atoms with van der Waals surface area (Å²) >= 11 is 0. The van der Waals surface area contributed by atoms with Gasteiger partial charge in [0.05, 0.1) is 12.7 Å². The predicted molar refractivity (Wildman–Crippen MR) is 39.9 cm³/mol. The van der Waals surface area contributed by atoms with Crippen LogP contribution in [0.15, 0.2) is 0 Å². The van der Waals surface area contributed by atoms with Gasteiger partial charge in [0.15, 0.2) is 0 Å². The number of hydrogen-bond donors (Lipinski definition) is 0. The number of methoxy groups -OCH3 is 1. The van der Waals surface area contributed by atoms with Gasteiger partial charge in [-0.15, -0.1) is 0 Å². The molecule has 2 nitrogen and oxygen atoms in total. The summed E-state index contributed by atoms with van der Waals surface area (Å²) < 4.78 is 10.6. The normalized spacial score (nSPS) is 41.7. The van der Waals surface area contributed by atoms with E-state index in [1.165, 1.54) is 0 Å². The van der Waals surface area contributed by atoms with Crippen LogP contribution in [0.4, 0.5) is 0 Å². The molecule has 0 saturated carbocycles. The lowest BCUT2D eigenvalue weighted by Gasteiger charge is -2.32. The Labute approximate surface area is 62.5 Å². The van der Waals surface area contributed by atoms with Gasteiger partial charge < -0.3 is 9.47 Å². The molecule has 0 aromatic heterocycles. The van der Waals surface area contributed by atoms with E-state index >= 15 is 0 Å². The van der Waals surface area contributed by atoms with Crippen molar-refractivity contribution in [2.24, 2.45) is 11.8 Å². The SMILES string of the molecule is COC1COCC(C)C1C. The summed E-state index contributed by atoms with van der Waals surface area (Å²) in [5.41, 5.74) is 0. The minimum absolute atomic E-state index is 0.309. The molecule has 1 rings (SSSR count). The summed E-state index contributed by atoms with van der Waals surface area (Å²) in [4.78, 5) is 0. The summed E-state index contributed by atoms with van der Waals surface area (Å²) in [5.74, 6) is 1.28. The standard InChI is InChI=1S/C8H16O2/c1-6-4-10-5-8(9-3)7(6)2/h6-8H,4-5H2,1-3H3. The molecule has 0 aromatic carbocycles. The van der Waals surface area contributed by atoms with Gasteiger partial charge in [-0.25, -0.2) is 0 Å². The highest BCUT2D eigenvalue weighted by atomic mass is 16.5.